The third-order valence-electron chi connectivity index (χ3n) is 11.6. The number of aliphatic hydroxyl groups excluding tert-OH is 1. The number of amides is 5. The second-order valence-electron chi connectivity index (χ2n) is 17.6. The quantitative estimate of drug-likeness (QED) is 0.182. The van der Waals surface area contributed by atoms with Gasteiger partial charge in [0, 0.05) is 18.8 Å². The maximum atomic E-state index is 14.7. The number of hydrogen-bond donors (Lipinski definition) is 5. The van der Waals surface area contributed by atoms with Gasteiger partial charge in [0.1, 0.15) is 23.8 Å². The van der Waals surface area contributed by atoms with E-state index in [0.717, 1.165) is 76.3 Å². The summed E-state index contributed by atoms with van der Waals surface area (Å²) in [4.78, 5) is 79.9. The number of hydrogen-bond acceptors (Lipinski definition) is 8. The molecule has 4 fully saturated rings. The van der Waals surface area contributed by atoms with Crippen molar-refractivity contribution in [1.82, 2.24) is 36.1 Å². The first-order valence-electron chi connectivity index (χ1n) is 20.2. The maximum Gasteiger partial charge on any atom is 0.272 e. The second kappa shape index (κ2) is 17.7. The zero-order chi connectivity index (χ0) is 38.4. The molecule has 7 atom stereocenters. The van der Waals surface area contributed by atoms with Crippen molar-refractivity contribution in [2.75, 3.05) is 6.54 Å². The van der Waals surface area contributed by atoms with Gasteiger partial charge in [-0.15, -0.1) is 0 Å². The van der Waals surface area contributed by atoms with Gasteiger partial charge in [0.05, 0.1) is 17.9 Å². The lowest BCUT2D eigenvalue weighted by Crippen LogP contribution is -2.62. The molecule has 0 radical (unpaired) electrons. The van der Waals surface area contributed by atoms with Crippen molar-refractivity contribution in [3.63, 3.8) is 0 Å². The van der Waals surface area contributed by atoms with Crippen LogP contribution in [0.5, 0.6) is 0 Å². The molecule has 5 amide bonds. The Bertz CT molecular complexity index is 1450. The number of rotatable bonds is 15. The molecule has 13 nitrogen and oxygen atoms in total. The molecule has 0 aromatic carbocycles. The number of aliphatic hydroxyl groups is 1. The van der Waals surface area contributed by atoms with Gasteiger partial charge in [-0.05, 0) is 80.5 Å². The molecular formula is C40H63N7O6. The fraction of sp³-hybridized carbons (Fsp3) is 0.775. The first-order valence-corrected chi connectivity index (χ1v) is 20.2. The van der Waals surface area contributed by atoms with E-state index in [1.165, 1.54) is 6.20 Å². The van der Waals surface area contributed by atoms with Gasteiger partial charge in [-0.25, -0.2) is 4.98 Å². The highest BCUT2D eigenvalue weighted by Gasteiger charge is 2.52. The summed E-state index contributed by atoms with van der Waals surface area (Å²) in [6.45, 7) is 12.1. The Morgan fingerprint density at radius 1 is 0.887 bits per heavy atom. The van der Waals surface area contributed by atoms with Gasteiger partial charge in [-0.3, -0.25) is 29.0 Å². The van der Waals surface area contributed by atoms with E-state index >= 15 is 0 Å². The van der Waals surface area contributed by atoms with Gasteiger partial charge in [-0.1, -0.05) is 73.6 Å². The second-order valence-corrected chi connectivity index (χ2v) is 17.6. The van der Waals surface area contributed by atoms with Crippen LogP contribution in [0.15, 0.2) is 12.4 Å². The Labute approximate surface area is 315 Å². The van der Waals surface area contributed by atoms with E-state index in [1.807, 2.05) is 27.7 Å². The smallest absolute Gasteiger partial charge is 0.272 e. The maximum absolute atomic E-state index is 14.7. The largest absolute Gasteiger partial charge is 0.381 e. The molecule has 5 N–H and O–H groups in total. The van der Waals surface area contributed by atoms with Gasteiger partial charge < -0.3 is 31.3 Å². The molecular weight excluding hydrogens is 674 g/mol. The molecule has 1 unspecified atom stereocenters. The molecule has 0 bridgehead atoms. The van der Waals surface area contributed by atoms with E-state index in [1.54, 1.807) is 11.1 Å². The number of nitrogens with zero attached hydrogens (tertiary/aromatic N) is 3. The normalized spacial score (nSPS) is 24.2. The SMILES string of the molecule is CCC[C@@H](NC(=O)[C@@H]1[C@H]2CCC[C@H]2CN1C(=O)[C@@H](NC(=O)[C@@H](NC(=O)c1cnc(CC(C)C)cn1)C1CCCCC1)C(C)(C)C)C(O)C(=O)NC1CC1. The van der Waals surface area contributed by atoms with Crippen LogP contribution in [0.4, 0.5) is 0 Å². The summed E-state index contributed by atoms with van der Waals surface area (Å²) in [5.41, 5.74) is 0.189. The number of aromatic nitrogens is 2. The molecule has 294 valence electrons. The molecule has 1 aromatic heterocycles. The molecule has 2 heterocycles. The number of likely N-dealkylation sites (tertiary alicyclic amines) is 1. The van der Waals surface area contributed by atoms with E-state index in [-0.39, 0.29) is 41.3 Å². The summed E-state index contributed by atoms with van der Waals surface area (Å²) >= 11 is 0. The molecule has 1 saturated heterocycles. The van der Waals surface area contributed by atoms with Crippen molar-refractivity contribution in [1.29, 1.82) is 0 Å². The zero-order valence-electron chi connectivity index (χ0n) is 32.7. The minimum absolute atomic E-state index is 0.0581. The highest BCUT2D eigenvalue weighted by molar-refractivity contribution is 5.98. The highest BCUT2D eigenvalue weighted by Crippen LogP contribution is 2.43. The number of nitrogens with one attached hydrogen (secondary N) is 4. The van der Waals surface area contributed by atoms with Crippen molar-refractivity contribution in [3.8, 4) is 0 Å². The van der Waals surface area contributed by atoms with Crippen LogP contribution < -0.4 is 21.3 Å². The van der Waals surface area contributed by atoms with Gasteiger partial charge in [0.25, 0.3) is 11.8 Å². The summed E-state index contributed by atoms with van der Waals surface area (Å²) in [6, 6.07) is -3.38. The van der Waals surface area contributed by atoms with Gasteiger partial charge >= 0.3 is 0 Å². The standard InChI is InChI=1S/C40H63N7O6/c1-7-12-29(33(48)38(52)43-26-17-18-26)44-37(51)32-28-16-11-15-25(28)22-47(32)39(53)34(40(4,5)6)46-36(50)31(24-13-9-8-10-14-24)45-35(49)30-21-41-27(20-42-30)19-23(2)3/h20-21,23-26,28-29,31-34,48H,7-19,22H2,1-6H3,(H,43,52)(H,44,51)(H,45,49)(H,46,50)/t25-,28-,29+,31-,32-,33?,34+/m0/s1. The van der Waals surface area contributed by atoms with Crippen LogP contribution in [0.3, 0.4) is 0 Å². The first kappa shape index (κ1) is 40.6. The van der Waals surface area contributed by atoms with Gasteiger partial charge in [-0.2, -0.15) is 0 Å². The fourth-order valence-electron chi connectivity index (χ4n) is 8.58. The Balaban J connectivity index is 1.34. The van der Waals surface area contributed by atoms with Crippen LogP contribution in [-0.4, -0.2) is 92.4 Å². The molecule has 3 aliphatic carbocycles. The van der Waals surface area contributed by atoms with Crippen molar-refractivity contribution < 1.29 is 29.1 Å². The van der Waals surface area contributed by atoms with Crippen LogP contribution in [-0.2, 0) is 25.6 Å². The highest BCUT2D eigenvalue weighted by atomic mass is 16.3. The molecule has 1 aliphatic heterocycles. The van der Waals surface area contributed by atoms with E-state index in [4.69, 9.17) is 0 Å². The summed E-state index contributed by atoms with van der Waals surface area (Å²) in [5, 5.41) is 22.8. The molecule has 5 rings (SSSR count). The van der Waals surface area contributed by atoms with Crippen LogP contribution in [0, 0.1) is 29.1 Å². The Hall–Kier alpha value is -3.61. The zero-order valence-corrected chi connectivity index (χ0v) is 32.7. The van der Waals surface area contributed by atoms with Crippen LogP contribution in [0.1, 0.15) is 135 Å². The van der Waals surface area contributed by atoms with Crippen molar-refractivity contribution >= 4 is 29.5 Å². The topological polar surface area (TPSA) is 183 Å². The van der Waals surface area contributed by atoms with Gasteiger partial charge in [0.15, 0.2) is 6.10 Å². The van der Waals surface area contributed by atoms with Crippen molar-refractivity contribution in [3.05, 3.63) is 23.8 Å². The summed E-state index contributed by atoms with van der Waals surface area (Å²) in [7, 11) is 0. The van der Waals surface area contributed by atoms with E-state index < -0.39 is 53.4 Å². The minimum atomic E-state index is -1.40. The molecule has 3 saturated carbocycles. The minimum Gasteiger partial charge on any atom is -0.381 e. The van der Waals surface area contributed by atoms with Gasteiger partial charge in [0.2, 0.25) is 17.7 Å². The molecule has 0 spiro atoms. The molecule has 53 heavy (non-hydrogen) atoms. The lowest BCUT2D eigenvalue weighted by atomic mass is 9.82. The Kier molecular flexibility index (Phi) is 13.5. The Morgan fingerprint density at radius 3 is 2.21 bits per heavy atom. The van der Waals surface area contributed by atoms with E-state index in [2.05, 4.69) is 45.1 Å². The van der Waals surface area contributed by atoms with Crippen LogP contribution >= 0.6 is 0 Å². The number of carbonyl (C=O) groups excluding carboxylic acids is 5. The lowest BCUT2D eigenvalue weighted by molar-refractivity contribution is -0.146. The average Bonchev–Trinajstić information content (AvgIpc) is 3.68. The first-order chi connectivity index (χ1) is 25.2. The van der Waals surface area contributed by atoms with E-state index in [0.29, 0.717) is 25.3 Å². The summed E-state index contributed by atoms with van der Waals surface area (Å²) in [5.74, 6) is -1.78. The third kappa shape index (κ3) is 10.3. The third-order valence-corrected chi connectivity index (χ3v) is 11.6. The summed E-state index contributed by atoms with van der Waals surface area (Å²) < 4.78 is 0. The molecule has 1 aromatic rings. The number of carbonyl (C=O) groups is 5. The fourth-order valence-corrected chi connectivity index (χ4v) is 8.58. The van der Waals surface area contributed by atoms with Crippen LogP contribution in [0.25, 0.3) is 0 Å². The summed E-state index contributed by atoms with van der Waals surface area (Å²) in [6.07, 6.45) is 12.3. The predicted octanol–water partition coefficient (Wildman–Crippen LogP) is 3.44. The number of fused-ring (bicyclic) bond motifs is 1. The average molecular weight is 738 g/mol. The molecule has 4 aliphatic rings. The van der Waals surface area contributed by atoms with E-state index in [9.17, 15) is 29.1 Å². The predicted molar refractivity (Wildman–Crippen MR) is 200 cm³/mol. The lowest BCUT2D eigenvalue weighted by Gasteiger charge is -2.38. The van der Waals surface area contributed by atoms with Crippen molar-refractivity contribution in [2.45, 2.75) is 161 Å². The van der Waals surface area contributed by atoms with Crippen molar-refractivity contribution in [2.24, 2.45) is 29.1 Å². The van der Waals surface area contributed by atoms with Crippen LogP contribution in [0.2, 0.25) is 0 Å². The molecule has 13 heteroatoms. The Morgan fingerprint density at radius 2 is 1.60 bits per heavy atom. The monoisotopic (exact) mass is 737 g/mol.